The third-order valence-electron chi connectivity index (χ3n) is 4.71. The smallest absolute Gasteiger partial charge is 0.254 e. The molecule has 0 saturated carbocycles. The summed E-state index contributed by atoms with van der Waals surface area (Å²) in [5.41, 5.74) is 2.56. The lowest BCUT2D eigenvalue weighted by molar-refractivity contribution is 0.0633. The average Bonchev–Trinajstić information content (AvgIpc) is 3.18. The first-order valence-electron chi connectivity index (χ1n) is 9.26. The number of amides is 1. The van der Waals surface area contributed by atoms with Crippen molar-refractivity contribution in [2.24, 2.45) is 0 Å². The van der Waals surface area contributed by atoms with Crippen molar-refractivity contribution in [1.82, 2.24) is 20.2 Å². The molecule has 9 heteroatoms. The molecule has 1 saturated heterocycles. The monoisotopic (exact) mass is 466 g/mol. The Morgan fingerprint density at radius 1 is 1.30 bits per heavy atom. The molecule has 1 aliphatic heterocycles. The SMILES string of the molecule is Cc1nc(COc2cccc(C(=O)N3CCNCC3c3cccnc3)c2)cs1.Cl.Cl. The highest BCUT2D eigenvalue weighted by Crippen LogP contribution is 2.25. The fourth-order valence-electron chi connectivity index (χ4n) is 3.33. The van der Waals surface area contributed by atoms with Crippen LogP contribution >= 0.6 is 36.2 Å². The summed E-state index contributed by atoms with van der Waals surface area (Å²) in [6.45, 7) is 4.52. The zero-order chi connectivity index (χ0) is 19.3. The molecular formula is C21H24Cl2N4O2S. The molecule has 0 bridgehead atoms. The lowest BCUT2D eigenvalue weighted by Crippen LogP contribution is -2.48. The average molecular weight is 467 g/mol. The normalized spacial score (nSPS) is 15.6. The summed E-state index contributed by atoms with van der Waals surface area (Å²) in [6.07, 6.45) is 3.57. The van der Waals surface area contributed by atoms with Crippen LogP contribution in [0.4, 0.5) is 0 Å². The molecule has 4 rings (SSSR count). The van der Waals surface area contributed by atoms with E-state index in [1.807, 2.05) is 59.8 Å². The minimum atomic E-state index is -0.0301. The number of aryl methyl sites for hydroxylation is 1. The maximum absolute atomic E-state index is 13.2. The summed E-state index contributed by atoms with van der Waals surface area (Å²) in [4.78, 5) is 23.7. The molecule has 2 aromatic heterocycles. The molecule has 1 amide bonds. The van der Waals surface area contributed by atoms with E-state index in [1.54, 1.807) is 17.5 Å². The lowest BCUT2D eigenvalue weighted by Gasteiger charge is -2.36. The van der Waals surface area contributed by atoms with E-state index in [0.717, 1.165) is 29.4 Å². The number of hydrogen-bond donors (Lipinski definition) is 1. The Labute approximate surface area is 192 Å². The topological polar surface area (TPSA) is 67.3 Å². The molecular weight excluding hydrogens is 443 g/mol. The number of aromatic nitrogens is 2. The van der Waals surface area contributed by atoms with E-state index in [4.69, 9.17) is 4.74 Å². The Morgan fingerprint density at radius 3 is 2.90 bits per heavy atom. The standard InChI is InChI=1S/C21H22N4O2S.2ClH/c1-15-24-18(14-28-15)13-27-19-6-2-4-16(10-19)21(26)25-9-8-23-12-20(25)17-5-3-7-22-11-17;;/h2-7,10-11,14,20,23H,8-9,12-13H2,1H3;2*1H. The van der Waals surface area contributed by atoms with E-state index in [1.165, 1.54) is 0 Å². The number of thiazole rings is 1. The van der Waals surface area contributed by atoms with E-state index < -0.39 is 0 Å². The van der Waals surface area contributed by atoms with Crippen molar-refractivity contribution in [2.45, 2.75) is 19.6 Å². The summed E-state index contributed by atoms with van der Waals surface area (Å²) in [5.74, 6) is 0.676. The third kappa shape index (κ3) is 5.70. The zero-order valence-corrected chi connectivity index (χ0v) is 18.9. The summed E-state index contributed by atoms with van der Waals surface area (Å²) < 4.78 is 5.85. The first kappa shape index (κ1) is 24.1. The van der Waals surface area contributed by atoms with Crippen LogP contribution in [0, 0.1) is 6.92 Å². The van der Waals surface area contributed by atoms with Gasteiger partial charge in [-0.25, -0.2) is 4.98 Å². The Bertz CT molecular complexity index is 955. The second-order valence-corrected chi connectivity index (χ2v) is 7.74. The van der Waals surface area contributed by atoms with Crippen molar-refractivity contribution >= 4 is 42.1 Å². The van der Waals surface area contributed by atoms with Crippen LogP contribution in [-0.2, 0) is 6.61 Å². The summed E-state index contributed by atoms with van der Waals surface area (Å²) in [7, 11) is 0. The molecule has 0 radical (unpaired) electrons. The first-order valence-corrected chi connectivity index (χ1v) is 10.1. The van der Waals surface area contributed by atoms with Gasteiger partial charge in [-0.2, -0.15) is 0 Å². The van der Waals surface area contributed by atoms with Gasteiger partial charge < -0.3 is 15.0 Å². The van der Waals surface area contributed by atoms with Crippen LogP contribution < -0.4 is 10.1 Å². The number of halogens is 2. The number of pyridine rings is 1. The van der Waals surface area contributed by atoms with E-state index in [0.29, 0.717) is 24.5 Å². The molecule has 1 fully saturated rings. The fourth-order valence-corrected chi connectivity index (χ4v) is 3.93. The van der Waals surface area contributed by atoms with Gasteiger partial charge in [0.1, 0.15) is 12.4 Å². The molecule has 1 unspecified atom stereocenters. The molecule has 160 valence electrons. The maximum Gasteiger partial charge on any atom is 0.254 e. The van der Waals surface area contributed by atoms with E-state index in [2.05, 4.69) is 15.3 Å². The van der Waals surface area contributed by atoms with Crippen molar-refractivity contribution in [3.05, 3.63) is 76.0 Å². The van der Waals surface area contributed by atoms with Crippen molar-refractivity contribution in [1.29, 1.82) is 0 Å². The molecule has 1 aromatic carbocycles. The Morgan fingerprint density at radius 2 is 2.17 bits per heavy atom. The quantitative estimate of drug-likeness (QED) is 0.613. The fraction of sp³-hybridized carbons (Fsp3) is 0.286. The third-order valence-corrected chi connectivity index (χ3v) is 5.53. The summed E-state index contributed by atoms with van der Waals surface area (Å²) in [6, 6.07) is 11.3. The second-order valence-electron chi connectivity index (χ2n) is 6.68. The molecule has 0 spiro atoms. The van der Waals surface area contributed by atoms with Gasteiger partial charge in [0.05, 0.1) is 16.7 Å². The van der Waals surface area contributed by atoms with Crippen LogP contribution in [0.15, 0.2) is 54.2 Å². The summed E-state index contributed by atoms with van der Waals surface area (Å²) >= 11 is 1.60. The van der Waals surface area contributed by atoms with E-state index in [9.17, 15) is 4.79 Å². The molecule has 1 atom stereocenters. The van der Waals surface area contributed by atoms with Crippen LogP contribution in [0.1, 0.15) is 32.7 Å². The Hall–Kier alpha value is -2.19. The number of hydrogen-bond acceptors (Lipinski definition) is 6. The number of benzene rings is 1. The minimum Gasteiger partial charge on any atom is -0.487 e. The van der Waals surface area contributed by atoms with Crippen LogP contribution in [0.5, 0.6) is 5.75 Å². The van der Waals surface area contributed by atoms with E-state index in [-0.39, 0.29) is 36.8 Å². The maximum atomic E-state index is 13.2. The van der Waals surface area contributed by atoms with Gasteiger partial charge in [0.15, 0.2) is 0 Å². The predicted octanol–water partition coefficient (Wildman–Crippen LogP) is 4.06. The van der Waals surface area contributed by atoms with E-state index >= 15 is 0 Å². The Balaban J connectivity index is 0.00000160. The highest BCUT2D eigenvalue weighted by atomic mass is 35.5. The minimum absolute atomic E-state index is 0. The molecule has 6 nitrogen and oxygen atoms in total. The van der Waals surface area contributed by atoms with Gasteiger partial charge in [-0.15, -0.1) is 36.2 Å². The Kier molecular flexibility index (Phi) is 9.05. The predicted molar refractivity (Wildman–Crippen MR) is 123 cm³/mol. The van der Waals surface area contributed by atoms with Gasteiger partial charge in [-0.05, 0) is 36.8 Å². The van der Waals surface area contributed by atoms with Crippen LogP contribution in [-0.4, -0.2) is 40.4 Å². The van der Waals surface area contributed by atoms with Crippen molar-refractivity contribution in [2.75, 3.05) is 19.6 Å². The molecule has 3 aromatic rings. The number of nitrogens with zero attached hydrogens (tertiary/aromatic N) is 3. The van der Waals surface area contributed by atoms with Crippen molar-refractivity contribution in [3.63, 3.8) is 0 Å². The number of nitrogens with one attached hydrogen (secondary N) is 1. The van der Waals surface area contributed by atoms with Gasteiger partial charge in [-0.3, -0.25) is 9.78 Å². The van der Waals surface area contributed by atoms with Crippen molar-refractivity contribution in [3.8, 4) is 5.75 Å². The van der Waals surface area contributed by atoms with Crippen molar-refractivity contribution < 1.29 is 9.53 Å². The van der Waals surface area contributed by atoms with Crippen LogP contribution in [0.3, 0.4) is 0 Å². The van der Waals surface area contributed by atoms with Gasteiger partial charge in [-0.1, -0.05) is 12.1 Å². The number of rotatable bonds is 5. The van der Waals surface area contributed by atoms with Crippen LogP contribution in [0.25, 0.3) is 0 Å². The largest absolute Gasteiger partial charge is 0.487 e. The number of ether oxygens (including phenoxy) is 1. The molecule has 1 aliphatic rings. The van der Waals surface area contributed by atoms with Crippen LogP contribution in [0.2, 0.25) is 0 Å². The summed E-state index contributed by atoms with van der Waals surface area (Å²) in [5, 5.41) is 6.38. The second kappa shape index (κ2) is 11.3. The van der Waals surface area contributed by atoms with Gasteiger partial charge in [0, 0.05) is 43.0 Å². The first-order chi connectivity index (χ1) is 13.7. The molecule has 3 heterocycles. The molecule has 0 aliphatic carbocycles. The number of carbonyl (C=O) groups is 1. The molecule has 1 N–H and O–H groups in total. The zero-order valence-electron chi connectivity index (χ0n) is 16.5. The lowest BCUT2D eigenvalue weighted by atomic mass is 10.0. The van der Waals surface area contributed by atoms with Gasteiger partial charge >= 0.3 is 0 Å². The number of piperazine rings is 1. The highest BCUT2D eigenvalue weighted by Gasteiger charge is 2.28. The van der Waals surface area contributed by atoms with Gasteiger partial charge in [0.2, 0.25) is 0 Å². The molecule has 30 heavy (non-hydrogen) atoms. The number of carbonyl (C=O) groups excluding carboxylic acids is 1. The highest BCUT2D eigenvalue weighted by molar-refractivity contribution is 7.09. The van der Waals surface area contributed by atoms with Gasteiger partial charge in [0.25, 0.3) is 5.91 Å².